The summed E-state index contributed by atoms with van der Waals surface area (Å²) in [5, 5.41) is 3.83. The van der Waals surface area contributed by atoms with Gasteiger partial charge >= 0.3 is 0 Å². The van der Waals surface area contributed by atoms with Crippen molar-refractivity contribution in [3.63, 3.8) is 0 Å². The third-order valence-electron chi connectivity index (χ3n) is 5.37. The predicted octanol–water partition coefficient (Wildman–Crippen LogP) is 3.13. The summed E-state index contributed by atoms with van der Waals surface area (Å²) in [6, 6.07) is 1.72. The molecule has 2 nitrogen and oxygen atoms in total. The zero-order valence-corrected chi connectivity index (χ0v) is 13.3. The van der Waals surface area contributed by atoms with Gasteiger partial charge in [-0.25, -0.2) is 0 Å². The molecule has 2 aliphatic carbocycles. The average Bonchev–Trinajstić information content (AvgIpc) is 3.09. The molecule has 3 fully saturated rings. The molecule has 1 atom stereocenters. The van der Waals surface area contributed by atoms with Gasteiger partial charge in [0.05, 0.1) is 0 Å². The highest BCUT2D eigenvalue weighted by Gasteiger charge is 2.36. The largest absolute Gasteiger partial charge is 0.313 e. The smallest absolute Gasteiger partial charge is 0.0191 e. The maximum atomic E-state index is 3.83. The Morgan fingerprint density at radius 3 is 2.58 bits per heavy atom. The topological polar surface area (TPSA) is 15.3 Å². The molecule has 110 valence electrons. The van der Waals surface area contributed by atoms with Gasteiger partial charge in [-0.1, -0.05) is 19.3 Å². The van der Waals surface area contributed by atoms with Crippen molar-refractivity contribution in [2.45, 2.75) is 63.5 Å². The first kappa shape index (κ1) is 14.2. The molecule has 0 aromatic heterocycles. The fourth-order valence-electron chi connectivity index (χ4n) is 3.87. The zero-order chi connectivity index (χ0) is 13.1. The quantitative estimate of drug-likeness (QED) is 0.806. The van der Waals surface area contributed by atoms with Crippen LogP contribution < -0.4 is 5.32 Å². The van der Waals surface area contributed by atoms with Gasteiger partial charge in [0, 0.05) is 30.9 Å². The van der Waals surface area contributed by atoms with Crippen molar-refractivity contribution in [2.24, 2.45) is 5.41 Å². The molecule has 3 heteroatoms. The van der Waals surface area contributed by atoms with E-state index in [1.807, 2.05) is 0 Å². The van der Waals surface area contributed by atoms with Gasteiger partial charge in [-0.15, -0.1) is 0 Å². The van der Waals surface area contributed by atoms with E-state index >= 15 is 0 Å². The van der Waals surface area contributed by atoms with Crippen molar-refractivity contribution < 1.29 is 0 Å². The molecular weight excluding hydrogens is 252 g/mol. The minimum Gasteiger partial charge on any atom is -0.313 e. The number of rotatable bonds is 6. The highest BCUT2D eigenvalue weighted by molar-refractivity contribution is 7.99. The molecule has 3 rings (SSSR count). The van der Waals surface area contributed by atoms with Crippen LogP contribution in [0.3, 0.4) is 0 Å². The van der Waals surface area contributed by atoms with Crippen LogP contribution in [0.15, 0.2) is 0 Å². The lowest BCUT2D eigenvalue weighted by atomic mass is 9.73. The van der Waals surface area contributed by atoms with Gasteiger partial charge in [0.1, 0.15) is 0 Å². The van der Waals surface area contributed by atoms with Crippen LogP contribution in [-0.4, -0.2) is 48.6 Å². The Kier molecular flexibility index (Phi) is 4.76. The van der Waals surface area contributed by atoms with E-state index < -0.39 is 0 Å². The van der Waals surface area contributed by atoms with E-state index in [-0.39, 0.29) is 0 Å². The second-order valence-electron chi connectivity index (χ2n) is 7.15. The first-order valence-corrected chi connectivity index (χ1v) is 9.44. The first-order chi connectivity index (χ1) is 9.27. The molecule has 3 aliphatic rings. The summed E-state index contributed by atoms with van der Waals surface area (Å²) in [4.78, 5) is 2.69. The number of thioether (sulfide) groups is 1. The lowest BCUT2D eigenvalue weighted by Crippen LogP contribution is -2.47. The Labute approximate surface area is 123 Å². The summed E-state index contributed by atoms with van der Waals surface area (Å²) in [5.74, 6) is 2.74. The number of nitrogens with zero attached hydrogens (tertiary/aromatic N) is 1. The Bertz CT molecular complexity index is 278. The van der Waals surface area contributed by atoms with Crippen LogP contribution in [-0.2, 0) is 0 Å². The van der Waals surface area contributed by atoms with E-state index in [0.717, 1.165) is 12.1 Å². The molecular formula is C16H30N2S. The number of hydrogen-bond acceptors (Lipinski definition) is 3. The van der Waals surface area contributed by atoms with Crippen LogP contribution >= 0.6 is 11.8 Å². The van der Waals surface area contributed by atoms with E-state index in [9.17, 15) is 0 Å². The van der Waals surface area contributed by atoms with Gasteiger partial charge in [-0.3, -0.25) is 0 Å². The Balaban J connectivity index is 1.56. The minimum atomic E-state index is 0.586. The Hall–Kier alpha value is 0.270. The minimum absolute atomic E-state index is 0.586. The molecule has 0 spiro atoms. The maximum Gasteiger partial charge on any atom is 0.0191 e. The summed E-state index contributed by atoms with van der Waals surface area (Å²) in [7, 11) is 2.38. The molecule has 0 amide bonds. The SMILES string of the molecule is CN(CC1(CNC2CC2)CCCCC1)C1CCSC1. The molecule has 1 unspecified atom stereocenters. The zero-order valence-electron chi connectivity index (χ0n) is 12.5. The molecule has 0 aromatic rings. The van der Waals surface area contributed by atoms with Crippen molar-refractivity contribution in [3.8, 4) is 0 Å². The first-order valence-electron chi connectivity index (χ1n) is 8.29. The molecule has 1 heterocycles. The molecule has 0 bridgehead atoms. The van der Waals surface area contributed by atoms with E-state index in [4.69, 9.17) is 0 Å². The van der Waals surface area contributed by atoms with E-state index in [2.05, 4.69) is 29.0 Å². The van der Waals surface area contributed by atoms with Crippen LogP contribution in [0.4, 0.5) is 0 Å². The Morgan fingerprint density at radius 2 is 1.95 bits per heavy atom. The van der Waals surface area contributed by atoms with Gasteiger partial charge in [0.25, 0.3) is 0 Å². The van der Waals surface area contributed by atoms with Crippen molar-refractivity contribution in [3.05, 3.63) is 0 Å². The molecule has 2 saturated carbocycles. The molecule has 1 N–H and O–H groups in total. The van der Waals surface area contributed by atoms with Crippen molar-refractivity contribution in [2.75, 3.05) is 31.6 Å². The van der Waals surface area contributed by atoms with E-state index in [1.165, 1.54) is 76.0 Å². The Morgan fingerprint density at radius 1 is 1.16 bits per heavy atom. The summed E-state index contributed by atoms with van der Waals surface area (Å²) in [6.45, 7) is 2.61. The van der Waals surface area contributed by atoms with Gasteiger partial charge in [-0.05, 0) is 50.3 Å². The fourth-order valence-corrected chi connectivity index (χ4v) is 5.17. The summed E-state index contributed by atoms with van der Waals surface area (Å²) in [6.07, 6.45) is 11.5. The van der Waals surface area contributed by atoms with Crippen molar-refractivity contribution >= 4 is 11.8 Å². The van der Waals surface area contributed by atoms with Gasteiger partial charge in [-0.2, -0.15) is 11.8 Å². The fraction of sp³-hybridized carbons (Fsp3) is 1.00. The monoisotopic (exact) mass is 282 g/mol. The lowest BCUT2D eigenvalue weighted by Gasteiger charge is -2.42. The standard InChI is InChI=1S/C16H30N2S/c1-18(15-7-10-19-11-15)13-16(8-3-2-4-9-16)12-17-14-5-6-14/h14-15,17H,2-13H2,1H3. The predicted molar refractivity (Wildman–Crippen MR) is 84.9 cm³/mol. The van der Waals surface area contributed by atoms with E-state index in [0.29, 0.717) is 5.41 Å². The highest BCUT2D eigenvalue weighted by Crippen LogP contribution is 2.38. The average molecular weight is 282 g/mol. The maximum absolute atomic E-state index is 3.83. The van der Waals surface area contributed by atoms with Crippen molar-refractivity contribution in [1.29, 1.82) is 0 Å². The number of hydrogen-bond donors (Lipinski definition) is 1. The lowest BCUT2D eigenvalue weighted by molar-refractivity contribution is 0.0982. The van der Waals surface area contributed by atoms with Crippen LogP contribution in [0.1, 0.15) is 51.4 Å². The molecule has 19 heavy (non-hydrogen) atoms. The second kappa shape index (κ2) is 6.36. The van der Waals surface area contributed by atoms with Gasteiger partial charge < -0.3 is 10.2 Å². The summed E-state index contributed by atoms with van der Waals surface area (Å²) >= 11 is 2.14. The van der Waals surface area contributed by atoms with Gasteiger partial charge in [0.2, 0.25) is 0 Å². The van der Waals surface area contributed by atoms with Crippen LogP contribution in [0.25, 0.3) is 0 Å². The highest BCUT2D eigenvalue weighted by atomic mass is 32.2. The summed E-state index contributed by atoms with van der Waals surface area (Å²) in [5.41, 5.74) is 0.586. The molecule has 1 aliphatic heterocycles. The van der Waals surface area contributed by atoms with E-state index in [1.54, 1.807) is 0 Å². The molecule has 1 saturated heterocycles. The van der Waals surface area contributed by atoms with Crippen LogP contribution in [0.2, 0.25) is 0 Å². The van der Waals surface area contributed by atoms with Crippen LogP contribution in [0, 0.1) is 5.41 Å². The molecule has 0 radical (unpaired) electrons. The summed E-state index contributed by atoms with van der Waals surface area (Å²) < 4.78 is 0. The molecule has 0 aromatic carbocycles. The van der Waals surface area contributed by atoms with Gasteiger partial charge in [0.15, 0.2) is 0 Å². The number of nitrogens with one attached hydrogen (secondary N) is 1. The normalized spacial score (nSPS) is 30.9. The van der Waals surface area contributed by atoms with Crippen molar-refractivity contribution in [1.82, 2.24) is 10.2 Å². The van der Waals surface area contributed by atoms with Crippen LogP contribution in [0.5, 0.6) is 0 Å². The third kappa shape index (κ3) is 3.89. The second-order valence-corrected chi connectivity index (χ2v) is 8.30. The third-order valence-corrected chi connectivity index (χ3v) is 6.52.